The molecular weight excluding hydrogens is 508 g/mol. The van der Waals surface area contributed by atoms with E-state index in [0.29, 0.717) is 0 Å². The molecule has 9 aromatic rings. The summed E-state index contributed by atoms with van der Waals surface area (Å²) in [4.78, 5) is 0. The van der Waals surface area contributed by atoms with Gasteiger partial charge in [-0.25, -0.2) is 0 Å². The molecule has 0 fully saturated rings. The highest BCUT2D eigenvalue weighted by Crippen LogP contribution is 2.41. The average molecular weight is 537 g/mol. The molecule has 0 amide bonds. The quantitative estimate of drug-likeness (QED) is 0.208. The molecule has 42 heavy (non-hydrogen) atoms. The zero-order valence-corrected chi connectivity index (χ0v) is 23.6. The predicted octanol–water partition coefficient (Wildman–Crippen LogP) is 10.6. The van der Waals surface area contributed by atoms with Crippen LogP contribution in [0.2, 0.25) is 0 Å². The molecule has 0 bridgehead atoms. The van der Waals surface area contributed by atoms with Crippen LogP contribution < -0.4 is 0 Å². The summed E-state index contributed by atoms with van der Waals surface area (Å²) in [6.45, 7) is 0. The maximum atomic E-state index is 2.41. The molecule has 0 spiro atoms. The number of aromatic nitrogens is 2. The summed E-state index contributed by atoms with van der Waals surface area (Å²) in [6, 6.07) is 49.0. The predicted molar refractivity (Wildman–Crippen MR) is 180 cm³/mol. The number of aryl methyl sites for hydroxylation is 2. The van der Waals surface area contributed by atoms with Gasteiger partial charge in [0.15, 0.2) is 0 Å². The summed E-state index contributed by atoms with van der Waals surface area (Å²) < 4.78 is 4.79. The summed E-state index contributed by atoms with van der Waals surface area (Å²) in [5.41, 5.74) is 10.1. The molecule has 0 aliphatic heterocycles. The standard InChI is InChI=1S/C40H28N2/c1-41-37-23-36-32-20-18-28-14-16-30(26-11-7-4-8-12-26)22-34(28)40(32)42(2)38(36)24-35(37)31-19-17-27-13-15-29(21-33(27)39(31)41)25-9-5-3-6-10-25/h3-24H,1-2H3. The molecule has 198 valence electrons. The lowest BCUT2D eigenvalue weighted by atomic mass is 9.99. The van der Waals surface area contributed by atoms with Crippen molar-refractivity contribution in [1.29, 1.82) is 0 Å². The highest BCUT2D eigenvalue weighted by molar-refractivity contribution is 6.24. The van der Waals surface area contributed by atoms with Crippen LogP contribution in [-0.2, 0) is 14.1 Å². The van der Waals surface area contributed by atoms with E-state index in [1.165, 1.54) is 87.4 Å². The lowest BCUT2D eigenvalue weighted by Crippen LogP contribution is -1.89. The van der Waals surface area contributed by atoms with E-state index in [0.717, 1.165) is 0 Å². The van der Waals surface area contributed by atoms with E-state index in [4.69, 9.17) is 0 Å². The van der Waals surface area contributed by atoms with Crippen molar-refractivity contribution in [2.75, 3.05) is 0 Å². The molecule has 0 aliphatic rings. The van der Waals surface area contributed by atoms with Crippen molar-refractivity contribution in [3.05, 3.63) is 133 Å². The summed E-state index contributed by atoms with van der Waals surface area (Å²) in [7, 11) is 4.44. The number of rotatable bonds is 2. The van der Waals surface area contributed by atoms with Gasteiger partial charge in [0, 0.05) is 57.4 Å². The number of hydrogen-bond donors (Lipinski definition) is 0. The molecule has 0 radical (unpaired) electrons. The van der Waals surface area contributed by atoms with Crippen molar-refractivity contribution >= 4 is 65.2 Å². The van der Waals surface area contributed by atoms with Crippen LogP contribution in [0.4, 0.5) is 0 Å². The molecule has 0 saturated carbocycles. The molecule has 2 heterocycles. The van der Waals surface area contributed by atoms with E-state index in [-0.39, 0.29) is 0 Å². The molecule has 0 unspecified atom stereocenters. The zero-order valence-electron chi connectivity index (χ0n) is 23.6. The zero-order chi connectivity index (χ0) is 27.9. The summed E-state index contributed by atoms with van der Waals surface area (Å²) in [6.07, 6.45) is 0. The molecule has 7 aromatic carbocycles. The molecular formula is C40H28N2. The molecule has 9 rings (SSSR count). The van der Waals surface area contributed by atoms with Gasteiger partial charge in [0.2, 0.25) is 0 Å². The number of nitrogens with zero attached hydrogens (tertiary/aromatic N) is 2. The van der Waals surface area contributed by atoms with Crippen molar-refractivity contribution in [3.63, 3.8) is 0 Å². The first-order valence-electron chi connectivity index (χ1n) is 14.6. The minimum Gasteiger partial charge on any atom is -0.343 e. The van der Waals surface area contributed by atoms with Gasteiger partial charge in [-0.2, -0.15) is 0 Å². The minimum absolute atomic E-state index is 1.25. The van der Waals surface area contributed by atoms with E-state index in [1.807, 2.05) is 0 Å². The van der Waals surface area contributed by atoms with Crippen LogP contribution in [-0.4, -0.2) is 9.13 Å². The first kappa shape index (κ1) is 23.4. The van der Waals surface area contributed by atoms with Crippen molar-refractivity contribution in [2.45, 2.75) is 0 Å². The van der Waals surface area contributed by atoms with E-state index in [2.05, 4.69) is 157 Å². The Balaban J connectivity index is 1.33. The fourth-order valence-corrected chi connectivity index (χ4v) is 7.19. The highest BCUT2D eigenvalue weighted by atomic mass is 15.0. The van der Waals surface area contributed by atoms with Gasteiger partial charge in [-0.05, 0) is 57.3 Å². The largest absolute Gasteiger partial charge is 0.343 e. The Hall–Kier alpha value is -5.34. The first-order chi connectivity index (χ1) is 20.7. The average Bonchev–Trinajstić information content (AvgIpc) is 3.50. The van der Waals surface area contributed by atoms with E-state index >= 15 is 0 Å². The lowest BCUT2D eigenvalue weighted by molar-refractivity contribution is 1.01. The minimum atomic E-state index is 1.25. The number of hydrogen-bond acceptors (Lipinski definition) is 0. The fourth-order valence-electron chi connectivity index (χ4n) is 7.19. The Bertz CT molecular complexity index is 2330. The topological polar surface area (TPSA) is 9.86 Å². The number of benzene rings is 7. The second-order valence-corrected chi connectivity index (χ2v) is 11.5. The van der Waals surface area contributed by atoms with Gasteiger partial charge in [-0.15, -0.1) is 0 Å². The first-order valence-corrected chi connectivity index (χ1v) is 14.6. The maximum Gasteiger partial charge on any atom is 0.0568 e. The van der Waals surface area contributed by atoms with Gasteiger partial charge in [0.05, 0.1) is 11.0 Å². The Morgan fingerprint density at radius 1 is 0.333 bits per heavy atom. The van der Waals surface area contributed by atoms with Crippen molar-refractivity contribution < 1.29 is 0 Å². The number of fused-ring (bicyclic) bond motifs is 10. The third-order valence-corrected chi connectivity index (χ3v) is 9.29. The van der Waals surface area contributed by atoms with Crippen molar-refractivity contribution in [1.82, 2.24) is 9.13 Å². The summed E-state index contributed by atoms with van der Waals surface area (Å²) >= 11 is 0. The van der Waals surface area contributed by atoms with Crippen molar-refractivity contribution in [3.8, 4) is 22.3 Å². The van der Waals surface area contributed by atoms with Gasteiger partial charge in [0.1, 0.15) is 0 Å². The Morgan fingerprint density at radius 2 is 0.738 bits per heavy atom. The summed E-state index contributed by atoms with van der Waals surface area (Å²) in [5, 5.41) is 10.3. The smallest absolute Gasteiger partial charge is 0.0568 e. The van der Waals surface area contributed by atoms with E-state index in [9.17, 15) is 0 Å². The molecule has 0 N–H and O–H groups in total. The normalized spacial score (nSPS) is 12.0. The lowest BCUT2D eigenvalue weighted by Gasteiger charge is -2.07. The SMILES string of the molecule is Cn1c2cc3c4ccc5ccc(-c6ccccc6)cc5c4n(C)c3cc2c2ccc3ccc(-c4ccccc4)cc3c21. The Kier molecular flexibility index (Phi) is 4.77. The van der Waals surface area contributed by atoms with Crippen LogP contribution in [0.5, 0.6) is 0 Å². The van der Waals surface area contributed by atoms with E-state index in [1.54, 1.807) is 0 Å². The molecule has 2 heteroatoms. The fraction of sp³-hybridized carbons (Fsp3) is 0.0500. The highest BCUT2D eigenvalue weighted by Gasteiger charge is 2.18. The second-order valence-electron chi connectivity index (χ2n) is 11.5. The summed E-state index contributed by atoms with van der Waals surface area (Å²) in [5.74, 6) is 0. The van der Waals surface area contributed by atoms with Crippen LogP contribution in [0.3, 0.4) is 0 Å². The van der Waals surface area contributed by atoms with Crippen molar-refractivity contribution in [2.24, 2.45) is 14.1 Å². The van der Waals surface area contributed by atoms with Gasteiger partial charge in [0.25, 0.3) is 0 Å². The third-order valence-electron chi connectivity index (χ3n) is 9.29. The Labute approximate surface area is 243 Å². The third kappa shape index (κ3) is 3.21. The van der Waals surface area contributed by atoms with Gasteiger partial charge < -0.3 is 9.13 Å². The maximum absolute atomic E-state index is 2.41. The molecule has 2 aromatic heterocycles. The monoisotopic (exact) mass is 536 g/mol. The van der Waals surface area contributed by atoms with Gasteiger partial charge in [-0.1, -0.05) is 109 Å². The Morgan fingerprint density at radius 3 is 1.17 bits per heavy atom. The second kappa shape index (κ2) is 8.58. The molecule has 0 aliphatic carbocycles. The van der Waals surface area contributed by atoms with Gasteiger partial charge >= 0.3 is 0 Å². The van der Waals surface area contributed by atoms with Gasteiger partial charge in [-0.3, -0.25) is 0 Å². The van der Waals surface area contributed by atoms with Crippen LogP contribution in [0.1, 0.15) is 0 Å². The van der Waals surface area contributed by atoms with Crippen LogP contribution in [0.15, 0.2) is 133 Å². The van der Waals surface area contributed by atoms with Crippen LogP contribution >= 0.6 is 0 Å². The molecule has 2 nitrogen and oxygen atoms in total. The van der Waals surface area contributed by atoms with E-state index < -0.39 is 0 Å². The molecule has 0 atom stereocenters. The van der Waals surface area contributed by atoms with Crippen LogP contribution in [0.25, 0.3) is 87.4 Å². The molecule has 0 saturated heterocycles. The van der Waals surface area contributed by atoms with Crippen LogP contribution in [0, 0.1) is 0 Å².